The average molecular weight is 278 g/mol. The number of carboxylic acids is 1. The predicted octanol–water partition coefficient (Wildman–Crippen LogP) is 1.14. The highest BCUT2D eigenvalue weighted by Crippen LogP contribution is 1.97. The number of nitrogens with one attached hydrogen (secondary N) is 2. The van der Waals surface area contributed by atoms with Gasteiger partial charge in [-0.05, 0) is 5.56 Å². The number of amides is 1. The predicted molar refractivity (Wildman–Crippen MR) is 74.3 cm³/mol. The zero-order valence-corrected chi connectivity index (χ0v) is 11.0. The Kier molecular flexibility index (Phi) is 6.84. The van der Waals surface area contributed by atoms with Crippen LogP contribution in [-0.4, -0.2) is 36.4 Å². The molecule has 1 aromatic rings. The third-order valence-corrected chi connectivity index (χ3v) is 2.44. The maximum absolute atomic E-state index is 11.3. The number of hydrogen-bond donors (Lipinski definition) is 3. The lowest BCUT2D eigenvalue weighted by Crippen LogP contribution is -2.47. The van der Waals surface area contributed by atoms with Gasteiger partial charge in [0.2, 0.25) is 0 Å². The summed E-state index contributed by atoms with van der Waals surface area (Å²) in [6.45, 7) is 4.06. The van der Waals surface area contributed by atoms with Gasteiger partial charge in [0.25, 0.3) is 0 Å². The second-order valence-corrected chi connectivity index (χ2v) is 4.04. The van der Waals surface area contributed by atoms with E-state index < -0.39 is 18.1 Å². The second-order valence-electron chi connectivity index (χ2n) is 4.04. The molecule has 0 saturated carbocycles. The normalized spacial score (nSPS) is 11.4. The molecular weight excluding hydrogens is 260 g/mol. The average Bonchev–Trinajstić information content (AvgIpc) is 2.45. The summed E-state index contributed by atoms with van der Waals surface area (Å²) in [6.07, 6.45) is 0.627. The molecule has 0 aliphatic rings. The first-order chi connectivity index (χ1) is 9.63. The fourth-order valence-corrected chi connectivity index (χ4v) is 1.48. The first-order valence-corrected chi connectivity index (χ1v) is 6.15. The Morgan fingerprint density at radius 2 is 2.05 bits per heavy atom. The van der Waals surface area contributed by atoms with Crippen LogP contribution in [0.15, 0.2) is 43.0 Å². The molecule has 6 heteroatoms. The maximum atomic E-state index is 11.3. The molecule has 0 radical (unpaired) electrons. The van der Waals surface area contributed by atoms with Gasteiger partial charge in [-0.15, -0.1) is 0 Å². The van der Waals surface area contributed by atoms with Crippen molar-refractivity contribution in [2.45, 2.75) is 12.6 Å². The summed E-state index contributed by atoms with van der Waals surface area (Å²) in [7, 11) is 0. The van der Waals surface area contributed by atoms with Gasteiger partial charge in [0, 0.05) is 13.1 Å². The number of carbonyl (C=O) groups excluding carboxylic acids is 1. The van der Waals surface area contributed by atoms with Crippen LogP contribution in [0, 0.1) is 0 Å². The van der Waals surface area contributed by atoms with E-state index in [0.29, 0.717) is 6.54 Å². The molecule has 6 nitrogen and oxygen atoms in total. The van der Waals surface area contributed by atoms with Gasteiger partial charge in [0.1, 0.15) is 12.6 Å². The third kappa shape index (κ3) is 6.01. The summed E-state index contributed by atoms with van der Waals surface area (Å²) in [5.74, 6) is -1.12. The Balaban J connectivity index is 2.37. The summed E-state index contributed by atoms with van der Waals surface area (Å²) >= 11 is 0. The lowest BCUT2D eigenvalue weighted by atomic mass is 10.2. The standard InChI is InChI=1S/C14H18N2O4/c1-2-8-20-14(19)16-12(13(17)18)10-15-9-11-6-4-3-5-7-11/h2-7,12,15H,1,8-10H2,(H,16,19)(H,17,18). The van der Waals surface area contributed by atoms with E-state index in [0.717, 1.165) is 5.56 Å². The molecule has 1 amide bonds. The molecule has 0 heterocycles. The molecule has 0 aliphatic heterocycles. The van der Waals surface area contributed by atoms with E-state index in [9.17, 15) is 9.59 Å². The number of rotatable bonds is 8. The molecule has 0 aromatic heterocycles. The van der Waals surface area contributed by atoms with Crippen LogP contribution < -0.4 is 10.6 Å². The van der Waals surface area contributed by atoms with Crippen LogP contribution in [0.4, 0.5) is 4.79 Å². The van der Waals surface area contributed by atoms with Crippen molar-refractivity contribution < 1.29 is 19.4 Å². The van der Waals surface area contributed by atoms with Gasteiger partial charge in [0.05, 0.1) is 0 Å². The van der Waals surface area contributed by atoms with Crippen molar-refractivity contribution in [3.63, 3.8) is 0 Å². The molecule has 0 spiro atoms. The summed E-state index contributed by atoms with van der Waals surface area (Å²) in [6, 6.07) is 8.51. The Hall–Kier alpha value is -2.34. The van der Waals surface area contributed by atoms with Crippen molar-refractivity contribution in [2.24, 2.45) is 0 Å². The molecule has 3 N–H and O–H groups in total. The highest BCUT2D eigenvalue weighted by molar-refractivity contribution is 5.80. The number of benzene rings is 1. The molecule has 1 unspecified atom stereocenters. The molecule has 0 aliphatic carbocycles. The van der Waals surface area contributed by atoms with Gasteiger partial charge < -0.3 is 20.5 Å². The van der Waals surface area contributed by atoms with E-state index in [1.54, 1.807) is 0 Å². The van der Waals surface area contributed by atoms with E-state index in [-0.39, 0.29) is 13.2 Å². The Labute approximate surface area is 117 Å². The van der Waals surface area contributed by atoms with E-state index >= 15 is 0 Å². The van der Waals surface area contributed by atoms with Crippen molar-refractivity contribution >= 4 is 12.1 Å². The van der Waals surface area contributed by atoms with Crippen molar-refractivity contribution in [3.05, 3.63) is 48.6 Å². The fraction of sp³-hybridized carbons (Fsp3) is 0.286. The van der Waals surface area contributed by atoms with Crippen LogP contribution in [0.5, 0.6) is 0 Å². The largest absolute Gasteiger partial charge is 0.480 e. The van der Waals surface area contributed by atoms with Crippen LogP contribution >= 0.6 is 0 Å². The van der Waals surface area contributed by atoms with Gasteiger partial charge in [-0.3, -0.25) is 0 Å². The zero-order chi connectivity index (χ0) is 14.8. The lowest BCUT2D eigenvalue weighted by molar-refractivity contribution is -0.139. The number of carboxylic acid groups (broad SMARTS) is 1. The molecule has 0 saturated heterocycles. The first kappa shape index (κ1) is 15.7. The van der Waals surface area contributed by atoms with Crippen molar-refractivity contribution in [1.82, 2.24) is 10.6 Å². The van der Waals surface area contributed by atoms with Crippen LogP contribution in [0.2, 0.25) is 0 Å². The van der Waals surface area contributed by atoms with Gasteiger partial charge in [0.15, 0.2) is 0 Å². The fourth-order valence-electron chi connectivity index (χ4n) is 1.48. The zero-order valence-electron chi connectivity index (χ0n) is 11.0. The minimum Gasteiger partial charge on any atom is -0.480 e. The second kappa shape index (κ2) is 8.71. The molecule has 0 bridgehead atoms. The van der Waals surface area contributed by atoms with E-state index in [1.807, 2.05) is 30.3 Å². The Morgan fingerprint density at radius 3 is 2.65 bits per heavy atom. The molecular formula is C14H18N2O4. The number of aliphatic carboxylic acids is 1. The van der Waals surface area contributed by atoms with Crippen molar-refractivity contribution in [3.8, 4) is 0 Å². The maximum Gasteiger partial charge on any atom is 0.408 e. The number of alkyl carbamates (subject to hydrolysis) is 1. The van der Waals surface area contributed by atoms with E-state index in [1.165, 1.54) is 6.08 Å². The van der Waals surface area contributed by atoms with Crippen LogP contribution in [0.25, 0.3) is 0 Å². The monoisotopic (exact) mass is 278 g/mol. The molecule has 0 fully saturated rings. The number of hydrogen-bond acceptors (Lipinski definition) is 4. The van der Waals surface area contributed by atoms with Gasteiger partial charge in [-0.1, -0.05) is 43.0 Å². The summed E-state index contributed by atoms with van der Waals surface area (Å²) < 4.78 is 4.68. The van der Waals surface area contributed by atoms with Gasteiger partial charge in [-0.25, -0.2) is 9.59 Å². The van der Waals surface area contributed by atoms with Crippen molar-refractivity contribution in [2.75, 3.05) is 13.2 Å². The highest BCUT2D eigenvalue weighted by Gasteiger charge is 2.19. The molecule has 1 rings (SSSR count). The van der Waals surface area contributed by atoms with E-state index in [4.69, 9.17) is 5.11 Å². The van der Waals surface area contributed by atoms with Gasteiger partial charge in [-0.2, -0.15) is 0 Å². The SMILES string of the molecule is C=CCOC(=O)NC(CNCc1ccccc1)C(=O)O. The molecule has 1 atom stereocenters. The summed E-state index contributed by atoms with van der Waals surface area (Å²) in [4.78, 5) is 22.3. The Morgan fingerprint density at radius 1 is 1.35 bits per heavy atom. The smallest absolute Gasteiger partial charge is 0.408 e. The van der Waals surface area contributed by atoms with Crippen LogP contribution in [0.1, 0.15) is 5.56 Å². The number of ether oxygens (including phenoxy) is 1. The number of carbonyl (C=O) groups is 2. The molecule has 20 heavy (non-hydrogen) atoms. The molecule has 1 aromatic carbocycles. The summed E-state index contributed by atoms with van der Waals surface area (Å²) in [5, 5.41) is 14.3. The van der Waals surface area contributed by atoms with Gasteiger partial charge >= 0.3 is 12.1 Å². The minimum atomic E-state index is -1.12. The van der Waals surface area contributed by atoms with Crippen molar-refractivity contribution in [1.29, 1.82) is 0 Å². The van der Waals surface area contributed by atoms with E-state index in [2.05, 4.69) is 21.9 Å². The lowest BCUT2D eigenvalue weighted by Gasteiger charge is -2.15. The highest BCUT2D eigenvalue weighted by atomic mass is 16.5. The van der Waals surface area contributed by atoms with Crippen LogP contribution in [-0.2, 0) is 16.1 Å². The van der Waals surface area contributed by atoms with Crippen LogP contribution in [0.3, 0.4) is 0 Å². The third-order valence-electron chi connectivity index (χ3n) is 2.44. The first-order valence-electron chi connectivity index (χ1n) is 6.15. The Bertz CT molecular complexity index is 448. The quantitative estimate of drug-likeness (QED) is 0.621. The minimum absolute atomic E-state index is 0.0373. The topological polar surface area (TPSA) is 87.7 Å². The summed E-state index contributed by atoms with van der Waals surface area (Å²) in [5.41, 5.74) is 1.03. The molecule has 108 valence electrons.